The van der Waals surface area contributed by atoms with Gasteiger partial charge in [-0.05, 0) is 37.8 Å². The molecule has 100 valence electrons. The summed E-state index contributed by atoms with van der Waals surface area (Å²) < 4.78 is 37.7. The smallest absolute Gasteiger partial charge is 0.363 e. The Kier molecular flexibility index (Phi) is 3.23. The third kappa shape index (κ3) is 2.75. The van der Waals surface area contributed by atoms with Crippen molar-refractivity contribution >= 4 is 5.82 Å². The standard InChI is InChI=1S/C12H16F3N3/c1-11(7-16,8-2-3-8)18-10-6-9(4-5-17-10)12(13,14)15/h4-6,8H,2-3,7,16H2,1H3,(H,17,18). The van der Waals surface area contributed by atoms with Gasteiger partial charge in [-0.15, -0.1) is 0 Å². The van der Waals surface area contributed by atoms with Gasteiger partial charge in [0, 0.05) is 12.7 Å². The fourth-order valence-electron chi connectivity index (χ4n) is 2.01. The van der Waals surface area contributed by atoms with Crippen LogP contribution in [0.4, 0.5) is 19.0 Å². The largest absolute Gasteiger partial charge is 0.416 e. The molecule has 1 aromatic heterocycles. The molecule has 1 fully saturated rings. The highest BCUT2D eigenvalue weighted by Crippen LogP contribution is 2.41. The second kappa shape index (κ2) is 4.42. The van der Waals surface area contributed by atoms with Gasteiger partial charge in [-0.3, -0.25) is 0 Å². The molecule has 0 aromatic carbocycles. The quantitative estimate of drug-likeness (QED) is 0.874. The maximum absolute atomic E-state index is 12.6. The molecular formula is C12H16F3N3. The lowest BCUT2D eigenvalue weighted by Crippen LogP contribution is -2.44. The summed E-state index contributed by atoms with van der Waals surface area (Å²) in [4.78, 5) is 3.93. The predicted octanol–water partition coefficient (Wildman–Crippen LogP) is 2.64. The Morgan fingerprint density at radius 3 is 2.61 bits per heavy atom. The molecule has 1 heterocycles. The molecule has 3 nitrogen and oxygen atoms in total. The van der Waals surface area contributed by atoms with Crippen LogP contribution in [0.3, 0.4) is 0 Å². The number of pyridine rings is 1. The van der Waals surface area contributed by atoms with E-state index in [4.69, 9.17) is 5.73 Å². The summed E-state index contributed by atoms with van der Waals surface area (Å²) in [7, 11) is 0. The molecule has 1 saturated carbocycles. The van der Waals surface area contributed by atoms with Crippen molar-refractivity contribution in [1.82, 2.24) is 4.98 Å². The van der Waals surface area contributed by atoms with Gasteiger partial charge in [-0.2, -0.15) is 13.2 Å². The Balaban J connectivity index is 2.19. The van der Waals surface area contributed by atoms with Gasteiger partial charge in [0.2, 0.25) is 0 Å². The topological polar surface area (TPSA) is 50.9 Å². The Morgan fingerprint density at radius 2 is 2.11 bits per heavy atom. The molecule has 1 aromatic rings. The Bertz CT molecular complexity index is 429. The molecule has 0 aliphatic heterocycles. The number of alkyl halides is 3. The molecule has 0 saturated heterocycles. The number of rotatable bonds is 4. The third-order valence-electron chi connectivity index (χ3n) is 3.40. The van der Waals surface area contributed by atoms with E-state index in [9.17, 15) is 13.2 Å². The van der Waals surface area contributed by atoms with Crippen molar-refractivity contribution in [3.8, 4) is 0 Å². The number of aromatic nitrogens is 1. The molecule has 0 amide bonds. The average Bonchev–Trinajstić information content (AvgIpc) is 3.12. The molecular weight excluding hydrogens is 243 g/mol. The van der Waals surface area contributed by atoms with E-state index in [0.717, 1.165) is 31.2 Å². The molecule has 1 atom stereocenters. The zero-order valence-electron chi connectivity index (χ0n) is 10.1. The van der Waals surface area contributed by atoms with Gasteiger partial charge in [0.05, 0.1) is 11.1 Å². The van der Waals surface area contributed by atoms with E-state index < -0.39 is 11.7 Å². The lowest BCUT2D eigenvalue weighted by atomic mass is 9.96. The normalized spacial score (nSPS) is 19.4. The first-order valence-electron chi connectivity index (χ1n) is 5.87. The zero-order valence-corrected chi connectivity index (χ0v) is 10.1. The molecule has 3 N–H and O–H groups in total. The van der Waals surface area contributed by atoms with Crippen LogP contribution in [0.2, 0.25) is 0 Å². The maximum atomic E-state index is 12.6. The minimum atomic E-state index is -4.35. The summed E-state index contributed by atoms with van der Waals surface area (Å²) in [5.41, 5.74) is 4.63. The van der Waals surface area contributed by atoms with Gasteiger partial charge in [0.1, 0.15) is 5.82 Å². The first-order chi connectivity index (χ1) is 8.35. The van der Waals surface area contributed by atoms with Crippen molar-refractivity contribution < 1.29 is 13.2 Å². The fourth-order valence-corrected chi connectivity index (χ4v) is 2.01. The van der Waals surface area contributed by atoms with E-state index in [-0.39, 0.29) is 11.4 Å². The minimum Gasteiger partial charge on any atom is -0.363 e. The number of hydrogen-bond acceptors (Lipinski definition) is 3. The van der Waals surface area contributed by atoms with Gasteiger partial charge < -0.3 is 11.1 Å². The maximum Gasteiger partial charge on any atom is 0.416 e. The highest BCUT2D eigenvalue weighted by atomic mass is 19.4. The Labute approximate surface area is 104 Å². The summed E-state index contributed by atoms with van der Waals surface area (Å²) >= 11 is 0. The zero-order chi connectivity index (χ0) is 13.4. The van der Waals surface area contributed by atoms with Gasteiger partial charge in [0.15, 0.2) is 0 Å². The number of nitrogens with two attached hydrogens (primary N) is 1. The van der Waals surface area contributed by atoms with Crippen LogP contribution in [0.25, 0.3) is 0 Å². The second-order valence-electron chi connectivity index (χ2n) is 4.95. The van der Waals surface area contributed by atoms with Gasteiger partial charge in [0.25, 0.3) is 0 Å². The summed E-state index contributed by atoms with van der Waals surface area (Å²) in [6.07, 6.45) is -1.08. The SMILES string of the molecule is CC(CN)(Nc1cc(C(F)(F)F)ccn1)C1CC1. The highest BCUT2D eigenvalue weighted by Gasteiger charge is 2.41. The lowest BCUT2D eigenvalue weighted by molar-refractivity contribution is -0.137. The molecule has 1 aliphatic carbocycles. The summed E-state index contributed by atoms with van der Waals surface area (Å²) in [5.74, 6) is 0.642. The molecule has 0 radical (unpaired) electrons. The van der Waals surface area contributed by atoms with E-state index >= 15 is 0 Å². The molecule has 2 rings (SSSR count). The molecule has 1 aliphatic rings. The van der Waals surface area contributed by atoms with Crippen LogP contribution in [0.15, 0.2) is 18.3 Å². The molecule has 1 unspecified atom stereocenters. The van der Waals surface area contributed by atoms with Crippen LogP contribution in [-0.2, 0) is 6.18 Å². The van der Waals surface area contributed by atoms with Crippen molar-refractivity contribution in [2.24, 2.45) is 11.7 Å². The molecule has 6 heteroatoms. The number of anilines is 1. The molecule has 0 bridgehead atoms. The first-order valence-corrected chi connectivity index (χ1v) is 5.87. The minimum absolute atomic E-state index is 0.227. The van der Waals surface area contributed by atoms with Crippen LogP contribution in [-0.4, -0.2) is 17.1 Å². The predicted molar refractivity (Wildman–Crippen MR) is 63.0 cm³/mol. The Morgan fingerprint density at radius 1 is 1.44 bits per heavy atom. The summed E-state index contributed by atoms with van der Waals surface area (Å²) in [5, 5.41) is 3.04. The number of halogens is 3. The van der Waals surface area contributed by atoms with Crippen LogP contribution in [0, 0.1) is 5.92 Å². The van der Waals surface area contributed by atoms with Crippen molar-refractivity contribution in [2.75, 3.05) is 11.9 Å². The van der Waals surface area contributed by atoms with Crippen LogP contribution < -0.4 is 11.1 Å². The number of nitrogens with zero attached hydrogens (tertiary/aromatic N) is 1. The fraction of sp³-hybridized carbons (Fsp3) is 0.583. The van der Waals surface area contributed by atoms with Crippen molar-refractivity contribution in [3.05, 3.63) is 23.9 Å². The van der Waals surface area contributed by atoms with E-state index in [1.807, 2.05) is 6.92 Å². The van der Waals surface area contributed by atoms with E-state index in [0.29, 0.717) is 12.5 Å². The molecule has 0 spiro atoms. The van der Waals surface area contributed by atoms with Gasteiger partial charge in [-0.25, -0.2) is 4.98 Å². The first kappa shape index (κ1) is 13.1. The van der Waals surface area contributed by atoms with Crippen LogP contribution in [0.5, 0.6) is 0 Å². The van der Waals surface area contributed by atoms with E-state index in [1.54, 1.807) is 0 Å². The highest BCUT2D eigenvalue weighted by molar-refractivity contribution is 5.42. The van der Waals surface area contributed by atoms with Crippen molar-refractivity contribution in [1.29, 1.82) is 0 Å². The summed E-state index contributed by atoms with van der Waals surface area (Å²) in [6.45, 7) is 2.29. The van der Waals surface area contributed by atoms with E-state index in [2.05, 4.69) is 10.3 Å². The van der Waals surface area contributed by atoms with Crippen LogP contribution in [0.1, 0.15) is 25.3 Å². The van der Waals surface area contributed by atoms with Crippen molar-refractivity contribution in [3.63, 3.8) is 0 Å². The Hall–Kier alpha value is -1.30. The number of nitrogens with one attached hydrogen (secondary N) is 1. The second-order valence-corrected chi connectivity index (χ2v) is 4.95. The van der Waals surface area contributed by atoms with Gasteiger partial charge in [-0.1, -0.05) is 0 Å². The van der Waals surface area contributed by atoms with Crippen LogP contribution >= 0.6 is 0 Å². The average molecular weight is 259 g/mol. The van der Waals surface area contributed by atoms with Gasteiger partial charge >= 0.3 is 6.18 Å². The molecule has 18 heavy (non-hydrogen) atoms. The number of hydrogen-bond donors (Lipinski definition) is 2. The lowest BCUT2D eigenvalue weighted by Gasteiger charge is -2.30. The van der Waals surface area contributed by atoms with E-state index in [1.165, 1.54) is 0 Å². The van der Waals surface area contributed by atoms with Crippen molar-refractivity contribution in [2.45, 2.75) is 31.5 Å². The summed E-state index contributed by atoms with van der Waals surface area (Å²) in [6, 6.07) is 1.98. The third-order valence-corrected chi connectivity index (χ3v) is 3.40. The monoisotopic (exact) mass is 259 g/mol.